The van der Waals surface area contributed by atoms with Gasteiger partial charge in [0.05, 0.1) is 10.0 Å². The molecule has 0 saturated heterocycles. The van der Waals surface area contributed by atoms with Crippen LogP contribution in [0.5, 0.6) is 0 Å². The zero-order valence-corrected chi connectivity index (χ0v) is 18.5. The lowest BCUT2D eigenvalue weighted by Gasteiger charge is -2.06. The van der Waals surface area contributed by atoms with Crippen LogP contribution in [0.4, 0.5) is 18.9 Å². The van der Waals surface area contributed by atoms with Crippen LogP contribution in [0.15, 0.2) is 53.5 Å². The Balaban J connectivity index is 1.61. The maximum absolute atomic E-state index is 14.6. The molecule has 2 aromatic heterocycles. The Morgan fingerprint density at radius 1 is 0.903 bits per heavy atom. The lowest BCUT2D eigenvalue weighted by atomic mass is 10.0. The van der Waals surface area contributed by atoms with E-state index in [1.54, 1.807) is 28.7 Å². The molecule has 0 N–H and O–H groups in total. The number of hydrogen-bond donors (Lipinski definition) is 0. The fraction of sp³-hybridized carbons (Fsp3) is 0.0417. The van der Waals surface area contributed by atoms with Crippen molar-refractivity contribution >= 4 is 61.2 Å². The topological polar surface area (TPSA) is 12.4 Å². The zero-order valence-electron chi connectivity index (χ0n) is 16.0. The highest BCUT2D eigenvalue weighted by atomic mass is 32.1. The van der Waals surface area contributed by atoms with E-state index in [2.05, 4.69) is 41.2 Å². The molecule has 7 heteroatoms. The molecule has 2 aromatic carbocycles. The molecule has 31 heavy (non-hydrogen) atoms. The van der Waals surface area contributed by atoms with Crippen molar-refractivity contribution in [2.75, 3.05) is 0 Å². The summed E-state index contributed by atoms with van der Waals surface area (Å²) in [5.74, 6) is 3.50. The van der Waals surface area contributed by atoms with E-state index in [4.69, 9.17) is 0 Å². The van der Waals surface area contributed by atoms with Crippen molar-refractivity contribution in [3.05, 3.63) is 81.3 Å². The largest absolute Gasteiger partial charge is 0.206 e. The van der Waals surface area contributed by atoms with Gasteiger partial charge in [-0.25, -0.2) is 13.2 Å². The molecule has 152 valence electrons. The predicted octanol–water partition coefficient (Wildman–Crippen LogP) is 8.21. The Morgan fingerprint density at radius 2 is 1.65 bits per heavy atom. The average molecular weight is 468 g/mol. The summed E-state index contributed by atoms with van der Waals surface area (Å²) in [6, 6.07) is 10.5. The van der Waals surface area contributed by atoms with Crippen LogP contribution in [-0.2, 0) is 0 Å². The number of rotatable bonds is 3. The summed E-state index contributed by atoms with van der Waals surface area (Å²) in [5.41, 5.74) is 0.0472. The van der Waals surface area contributed by atoms with Crippen LogP contribution < -0.4 is 0 Å². The smallest absolute Gasteiger partial charge is 0.153 e. The number of benzene rings is 2. The summed E-state index contributed by atoms with van der Waals surface area (Å²) in [6.45, 7) is 1.98. The molecule has 0 fully saturated rings. The second-order valence-corrected chi connectivity index (χ2v) is 8.81. The van der Waals surface area contributed by atoms with Gasteiger partial charge in [0.25, 0.3) is 0 Å². The summed E-state index contributed by atoms with van der Waals surface area (Å²) >= 11 is 7.65. The van der Waals surface area contributed by atoms with Crippen LogP contribution in [0.25, 0.3) is 26.6 Å². The summed E-state index contributed by atoms with van der Waals surface area (Å²) in [4.78, 5) is 5.43. The number of fused-ring (bicyclic) bond motifs is 1. The van der Waals surface area contributed by atoms with E-state index in [0.717, 1.165) is 26.4 Å². The maximum Gasteiger partial charge on any atom is 0.153 e. The lowest BCUT2D eigenvalue weighted by molar-refractivity contribution is 0.588. The fourth-order valence-electron chi connectivity index (χ4n) is 3.00. The molecule has 0 saturated carbocycles. The molecular formula is C24H12F3NS3. The molecule has 2 heterocycles. The van der Waals surface area contributed by atoms with Gasteiger partial charge in [0.2, 0.25) is 0 Å². The van der Waals surface area contributed by atoms with E-state index in [0.29, 0.717) is 5.56 Å². The van der Waals surface area contributed by atoms with Crippen molar-refractivity contribution in [2.45, 2.75) is 6.92 Å². The highest BCUT2D eigenvalue weighted by Gasteiger charge is 2.14. The quantitative estimate of drug-likeness (QED) is 0.168. The fourth-order valence-corrected chi connectivity index (χ4v) is 5.32. The van der Waals surface area contributed by atoms with Gasteiger partial charge in [-0.2, -0.15) is 4.99 Å². The van der Waals surface area contributed by atoms with Gasteiger partial charge in [0, 0.05) is 25.4 Å². The van der Waals surface area contributed by atoms with E-state index in [9.17, 15) is 13.2 Å². The third-order valence-corrected chi connectivity index (χ3v) is 6.61. The second-order valence-electron chi connectivity index (χ2n) is 6.42. The van der Waals surface area contributed by atoms with E-state index < -0.39 is 23.1 Å². The minimum atomic E-state index is -0.939. The van der Waals surface area contributed by atoms with E-state index >= 15 is 0 Å². The standard InChI is InChI=1S/C24H12F3NS3/c1-2-3-16-11-22-23(30-16)12-17(31-22)6-4-14-5-7-18(19(25)8-14)15-9-20(26)24(28-13-29)21(27)10-15/h2-3,5,7-12H,1H3/b3-2+. The van der Waals surface area contributed by atoms with Crippen LogP contribution in [0.3, 0.4) is 0 Å². The van der Waals surface area contributed by atoms with Crippen molar-refractivity contribution in [1.82, 2.24) is 0 Å². The molecule has 0 unspecified atom stereocenters. The normalized spacial score (nSPS) is 10.8. The molecule has 0 amide bonds. The average Bonchev–Trinajstić information content (AvgIpc) is 3.27. The highest BCUT2D eigenvalue weighted by Crippen LogP contribution is 2.34. The van der Waals surface area contributed by atoms with Gasteiger partial charge in [-0.1, -0.05) is 24.0 Å². The van der Waals surface area contributed by atoms with Gasteiger partial charge in [-0.3, -0.25) is 0 Å². The minimum Gasteiger partial charge on any atom is -0.206 e. The number of allylic oxidation sites excluding steroid dienone is 1. The number of aliphatic imine (C=N–C) groups is 1. The van der Waals surface area contributed by atoms with Crippen LogP contribution in [-0.4, -0.2) is 5.16 Å². The van der Waals surface area contributed by atoms with Gasteiger partial charge in [0.1, 0.15) is 11.5 Å². The van der Waals surface area contributed by atoms with Gasteiger partial charge in [-0.05, 0) is 67.2 Å². The molecule has 0 spiro atoms. The first-order valence-electron chi connectivity index (χ1n) is 9.03. The number of hydrogen-bond acceptors (Lipinski definition) is 4. The minimum absolute atomic E-state index is 0.0609. The predicted molar refractivity (Wildman–Crippen MR) is 127 cm³/mol. The molecule has 4 aromatic rings. The first-order chi connectivity index (χ1) is 15.0. The van der Waals surface area contributed by atoms with Crippen molar-refractivity contribution < 1.29 is 13.2 Å². The Kier molecular flexibility index (Phi) is 6.17. The Bertz CT molecular complexity index is 1390. The number of nitrogens with zero attached hydrogens (tertiary/aromatic N) is 1. The third kappa shape index (κ3) is 4.53. The number of thiophene rings is 2. The Morgan fingerprint density at radius 3 is 2.29 bits per heavy atom. The molecular weight excluding hydrogens is 455 g/mol. The van der Waals surface area contributed by atoms with Crippen LogP contribution in [0.2, 0.25) is 0 Å². The highest BCUT2D eigenvalue weighted by molar-refractivity contribution is 7.78. The summed E-state index contributed by atoms with van der Waals surface area (Å²) in [6.07, 6.45) is 4.06. The molecule has 0 aliphatic rings. The first-order valence-corrected chi connectivity index (χ1v) is 11.1. The van der Waals surface area contributed by atoms with Crippen LogP contribution >= 0.6 is 34.9 Å². The summed E-state index contributed by atoms with van der Waals surface area (Å²) < 4.78 is 45.1. The molecule has 0 aliphatic carbocycles. The zero-order chi connectivity index (χ0) is 22.0. The molecule has 0 aliphatic heterocycles. The molecule has 1 nitrogen and oxygen atoms in total. The number of thiocarbonyl (C=S) groups is 1. The third-order valence-electron chi connectivity index (χ3n) is 4.34. The summed E-state index contributed by atoms with van der Waals surface area (Å²) in [5, 5.41) is 1.92. The van der Waals surface area contributed by atoms with Gasteiger partial charge in [-0.15, -0.1) is 22.7 Å². The lowest BCUT2D eigenvalue weighted by Crippen LogP contribution is -1.90. The van der Waals surface area contributed by atoms with Gasteiger partial charge in [0.15, 0.2) is 11.6 Å². The molecule has 0 radical (unpaired) electrons. The number of isothiocyanates is 1. The Labute approximate surface area is 190 Å². The van der Waals surface area contributed by atoms with Gasteiger partial charge < -0.3 is 0 Å². The van der Waals surface area contributed by atoms with Crippen LogP contribution in [0, 0.1) is 29.3 Å². The van der Waals surface area contributed by atoms with E-state index in [1.165, 1.54) is 17.0 Å². The molecule has 0 bridgehead atoms. The summed E-state index contributed by atoms with van der Waals surface area (Å²) in [7, 11) is 0. The SMILES string of the molecule is C/C=C/c1cc2sc(C#Cc3ccc(-c4cc(F)c(N=C=S)c(F)c4)c(F)c3)cc2s1. The molecule has 4 rings (SSSR count). The monoisotopic (exact) mass is 467 g/mol. The Hall–Kier alpha value is -3.01. The van der Waals surface area contributed by atoms with Crippen molar-refractivity contribution in [1.29, 1.82) is 0 Å². The maximum atomic E-state index is 14.6. The van der Waals surface area contributed by atoms with Crippen molar-refractivity contribution in [3.8, 4) is 23.0 Å². The van der Waals surface area contributed by atoms with Crippen molar-refractivity contribution in [3.63, 3.8) is 0 Å². The molecule has 0 atom stereocenters. The van der Waals surface area contributed by atoms with Gasteiger partial charge >= 0.3 is 0 Å². The number of halogens is 3. The van der Waals surface area contributed by atoms with Crippen LogP contribution in [0.1, 0.15) is 22.2 Å². The van der Waals surface area contributed by atoms with E-state index in [-0.39, 0.29) is 11.1 Å². The second kappa shape index (κ2) is 9.01. The van der Waals surface area contributed by atoms with E-state index in [1.807, 2.05) is 24.2 Å². The van der Waals surface area contributed by atoms with Crippen molar-refractivity contribution in [2.24, 2.45) is 4.99 Å². The first kappa shape index (κ1) is 21.2.